The molecule has 0 spiro atoms. The van der Waals surface area contributed by atoms with Gasteiger partial charge in [0.1, 0.15) is 18.0 Å². The summed E-state index contributed by atoms with van der Waals surface area (Å²) < 4.78 is 6.83. The molecule has 1 fully saturated rings. The van der Waals surface area contributed by atoms with Crippen LogP contribution in [-0.2, 0) is 4.74 Å². The van der Waals surface area contributed by atoms with Gasteiger partial charge in [0.2, 0.25) is 0 Å². The van der Waals surface area contributed by atoms with Gasteiger partial charge in [0.25, 0.3) is 5.56 Å². The first-order valence-corrected chi connectivity index (χ1v) is 6.94. The Morgan fingerprint density at radius 3 is 2.91 bits per heavy atom. The fourth-order valence-electron chi connectivity index (χ4n) is 2.74. The Labute approximate surface area is 130 Å². The van der Waals surface area contributed by atoms with E-state index in [1.54, 1.807) is 6.92 Å². The molecule has 0 radical (unpaired) electrons. The van der Waals surface area contributed by atoms with Gasteiger partial charge in [0, 0.05) is 0 Å². The Morgan fingerprint density at radius 2 is 2.30 bits per heavy atom. The summed E-state index contributed by atoms with van der Waals surface area (Å²) in [5.41, 5.74) is -2.34. The molecule has 1 aliphatic heterocycles. The van der Waals surface area contributed by atoms with Crippen LogP contribution < -0.4 is 5.56 Å². The molecule has 1 unspecified atom stereocenters. The molecule has 9 nitrogen and oxygen atoms in total. The molecule has 3 heterocycles. The number of hydrogen-bond donors (Lipinski definition) is 4. The zero-order chi connectivity index (χ0) is 16.9. The summed E-state index contributed by atoms with van der Waals surface area (Å²) in [7, 11) is 0. The fourth-order valence-corrected chi connectivity index (χ4v) is 2.74. The highest BCUT2D eigenvalue weighted by Crippen LogP contribution is 2.40. The van der Waals surface area contributed by atoms with Crippen molar-refractivity contribution in [3.8, 4) is 12.3 Å². The molecule has 2 aromatic heterocycles. The number of rotatable bonds is 2. The Bertz CT molecular complexity index is 851. The second-order valence-corrected chi connectivity index (χ2v) is 5.58. The van der Waals surface area contributed by atoms with Crippen LogP contribution in [0.5, 0.6) is 0 Å². The van der Waals surface area contributed by atoms with E-state index in [9.17, 15) is 20.1 Å². The van der Waals surface area contributed by atoms with Gasteiger partial charge in [0.05, 0.1) is 12.4 Å². The van der Waals surface area contributed by atoms with Gasteiger partial charge in [-0.2, -0.15) is 0 Å². The molecule has 0 aliphatic carbocycles. The molecule has 0 saturated carbocycles. The van der Waals surface area contributed by atoms with Gasteiger partial charge in [0.15, 0.2) is 23.0 Å². The number of aliphatic hydroxyl groups is 3. The van der Waals surface area contributed by atoms with Crippen LogP contribution in [0.2, 0.25) is 0 Å². The largest absolute Gasteiger partial charge is 0.391 e. The quantitative estimate of drug-likeness (QED) is 0.491. The summed E-state index contributed by atoms with van der Waals surface area (Å²) >= 11 is 0. The lowest BCUT2D eigenvalue weighted by atomic mass is 9.93. The molecule has 1 saturated heterocycles. The second-order valence-electron chi connectivity index (χ2n) is 5.58. The number of ether oxygens (including phenoxy) is 1. The number of aromatic nitrogens is 4. The monoisotopic (exact) mass is 320 g/mol. The van der Waals surface area contributed by atoms with Crippen molar-refractivity contribution in [3.05, 3.63) is 22.5 Å². The van der Waals surface area contributed by atoms with Crippen molar-refractivity contribution in [1.82, 2.24) is 19.5 Å². The maximum absolute atomic E-state index is 11.9. The Hall–Kier alpha value is -2.25. The summed E-state index contributed by atoms with van der Waals surface area (Å²) in [6.45, 7) is 3.00. The summed E-state index contributed by atoms with van der Waals surface area (Å²) in [5, 5.41) is 30.6. The van der Waals surface area contributed by atoms with Crippen molar-refractivity contribution in [2.45, 2.75) is 44.0 Å². The van der Waals surface area contributed by atoms with Crippen LogP contribution in [0.25, 0.3) is 11.2 Å². The fraction of sp³-hybridized carbons (Fsp3) is 0.500. The third kappa shape index (κ3) is 2.15. The topological polar surface area (TPSA) is 133 Å². The summed E-state index contributed by atoms with van der Waals surface area (Å²) in [5.74, 6) is 2.46. The number of aromatic amines is 1. The van der Waals surface area contributed by atoms with Crippen LogP contribution in [0.1, 0.15) is 19.0 Å². The number of nitrogens with zero attached hydrogens (tertiary/aromatic N) is 3. The molecule has 122 valence electrons. The standard InChI is InChI=1S/C14H16N4O5/c1-4-14(22)10(20)9(6(2)19)23-13(14)18-5-15-8-11(18)16-7(3)17-12(8)21/h1,5-6,9-10,13,19-20,22H,2-3H3,(H,16,17,21)/t6-,9+,10-,13+,14?/m0/s1. The molecule has 2 aromatic rings. The van der Waals surface area contributed by atoms with Crippen molar-refractivity contribution in [2.24, 2.45) is 0 Å². The highest BCUT2D eigenvalue weighted by atomic mass is 16.6. The summed E-state index contributed by atoms with van der Waals surface area (Å²) in [6.07, 6.45) is 1.70. The lowest BCUT2D eigenvalue weighted by molar-refractivity contribution is -0.0847. The zero-order valence-electron chi connectivity index (χ0n) is 12.5. The third-order valence-electron chi connectivity index (χ3n) is 3.93. The van der Waals surface area contributed by atoms with Gasteiger partial charge < -0.3 is 25.0 Å². The molecule has 4 N–H and O–H groups in total. The van der Waals surface area contributed by atoms with Crippen molar-refractivity contribution in [1.29, 1.82) is 0 Å². The number of imidazole rings is 1. The highest BCUT2D eigenvalue weighted by Gasteiger charge is 2.57. The number of nitrogens with one attached hydrogen (secondary N) is 1. The van der Waals surface area contributed by atoms with Crippen molar-refractivity contribution in [3.63, 3.8) is 0 Å². The molecular weight excluding hydrogens is 304 g/mol. The molecule has 5 atom stereocenters. The number of terminal acetylenes is 1. The van der Waals surface area contributed by atoms with Crippen molar-refractivity contribution >= 4 is 11.2 Å². The minimum atomic E-state index is -2.10. The highest BCUT2D eigenvalue weighted by molar-refractivity contribution is 5.69. The predicted octanol–water partition coefficient (Wildman–Crippen LogP) is -1.57. The predicted molar refractivity (Wildman–Crippen MR) is 78.3 cm³/mol. The van der Waals surface area contributed by atoms with E-state index in [-0.39, 0.29) is 11.2 Å². The molecule has 0 bridgehead atoms. The Balaban J connectivity index is 2.18. The maximum atomic E-state index is 11.9. The van der Waals surface area contributed by atoms with Gasteiger partial charge >= 0.3 is 0 Å². The van der Waals surface area contributed by atoms with Crippen molar-refractivity contribution in [2.75, 3.05) is 0 Å². The van der Waals surface area contributed by atoms with E-state index in [0.717, 1.165) is 0 Å². The average Bonchev–Trinajstić information content (AvgIpc) is 3.00. The smallest absolute Gasteiger partial charge is 0.279 e. The van der Waals surface area contributed by atoms with Crippen molar-refractivity contribution < 1.29 is 20.1 Å². The number of aryl methyl sites for hydroxylation is 1. The first-order valence-electron chi connectivity index (χ1n) is 6.94. The molecule has 9 heteroatoms. The molecule has 3 rings (SSSR count). The number of aliphatic hydroxyl groups excluding tert-OH is 2. The normalized spacial score (nSPS) is 32.1. The Morgan fingerprint density at radius 1 is 1.61 bits per heavy atom. The lowest BCUT2D eigenvalue weighted by Crippen LogP contribution is -2.47. The molecule has 1 aliphatic rings. The molecular formula is C14H16N4O5. The van der Waals surface area contributed by atoms with Gasteiger partial charge in [-0.3, -0.25) is 9.36 Å². The van der Waals surface area contributed by atoms with E-state index >= 15 is 0 Å². The van der Waals surface area contributed by atoms with Crippen LogP contribution in [-0.4, -0.2) is 58.8 Å². The van der Waals surface area contributed by atoms with E-state index in [1.165, 1.54) is 17.8 Å². The maximum Gasteiger partial charge on any atom is 0.279 e. The number of hydrogen-bond acceptors (Lipinski definition) is 7. The molecule has 23 heavy (non-hydrogen) atoms. The van der Waals surface area contributed by atoms with Crippen LogP contribution in [0.15, 0.2) is 11.1 Å². The van der Waals surface area contributed by atoms with Crippen LogP contribution in [0.3, 0.4) is 0 Å². The van der Waals surface area contributed by atoms with E-state index in [0.29, 0.717) is 5.82 Å². The molecule has 0 amide bonds. The van der Waals surface area contributed by atoms with E-state index in [4.69, 9.17) is 11.2 Å². The first-order chi connectivity index (χ1) is 10.8. The Kier molecular flexibility index (Phi) is 3.50. The van der Waals surface area contributed by atoms with Gasteiger partial charge in [-0.15, -0.1) is 6.42 Å². The minimum Gasteiger partial charge on any atom is -0.391 e. The van der Waals surface area contributed by atoms with Crippen LogP contribution >= 0.6 is 0 Å². The van der Waals surface area contributed by atoms with Gasteiger partial charge in [-0.05, 0) is 13.8 Å². The van der Waals surface area contributed by atoms with Crippen LogP contribution in [0.4, 0.5) is 0 Å². The van der Waals surface area contributed by atoms with Gasteiger partial charge in [-0.25, -0.2) is 9.97 Å². The summed E-state index contributed by atoms with van der Waals surface area (Å²) in [6, 6.07) is 0. The average molecular weight is 320 g/mol. The lowest BCUT2D eigenvalue weighted by Gasteiger charge is -2.26. The van der Waals surface area contributed by atoms with E-state index < -0.39 is 35.7 Å². The number of fused-ring (bicyclic) bond motifs is 1. The number of H-pyrrole nitrogens is 1. The van der Waals surface area contributed by atoms with Gasteiger partial charge in [-0.1, -0.05) is 5.92 Å². The first kappa shape index (κ1) is 15.6. The molecule has 0 aromatic carbocycles. The summed E-state index contributed by atoms with van der Waals surface area (Å²) in [4.78, 5) is 22.5. The minimum absolute atomic E-state index is 0.0496. The SMILES string of the molecule is C#CC1(O)[C@@H](O)[C@@H]([C@H](C)O)O[C@H]1n1cnc2c(=O)[nH]c(C)nc21. The zero-order valence-corrected chi connectivity index (χ0v) is 12.5. The van der Waals surface area contributed by atoms with Crippen LogP contribution in [0, 0.1) is 19.3 Å². The second kappa shape index (κ2) is 5.14. The third-order valence-corrected chi connectivity index (χ3v) is 3.93. The van der Waals surface area contributed by atoms with E-state index in [2.05, 4.69) is 20.9 Å². The van der Waals surface area contributed by atoms with E-state index in [1.807, 2.05) is 0 Å².